The number of hydrogen-bond donors (Lipinski definition) is 0. The molecule has 5 nitrogen and oxygen atoms in total. The third-order valence-electron chi connectivity index (χ3n) is 5.75. The van der Waals surface area contributed by atoms with Crippen molar-refractivity contribution in [2.45, 2.75) is 45.3 Å². The Morgan fingerprint density at radius 1 is 1.17 bits per heavy atom. The van der Waals surface area contributed by atoms with Crippen molar-refractivity contribution in [3.05, 3.63) is 59.4 Å². The van der Waals surface area contributed by atoms with Crippen LogP contribution in [0.1, 0.15) is 44.0 Å². The van der Waals surface area contributed by atoms with Gasteiger partial charge in [-0.2, -0.15) is 0 Å². The standard InChI is InChI=1S/C22H25F2N3O2/c1-14(2)27(22(29)15-5-6-15)13-20(28)26-11-10-25-9-3-4-19(25)21(26)17-8-7-16(23)12-18(17)24/h3-4,7-9,12,14-15,21H,5-6,10-11,13H2,1-2H3. The van der Waals surface area contributed by atoms with Gasteiger partial charge in [0.1, 0.15) is 24.2 Å². The second kappa shape index (κ2) is 7.61. The minimum atomic E-state index is -0.683. The second-order valence-electron chi connectivity index (χ2n) is 8.12. The number of amides is 2. The lowest BCUT2D eigenvalue weighted by Crippen LogP contribution is -2.50. The number of rotatable bonds is 5. The Balaban J connectivity index is 1.65. The van der Waals surface area contributed by atoms with E-state index in [1.54, 1.807) is 9.80 Å². The number of carbonyl (C=O) groups is 2. The van der Waals surface area contributed by atoms with Crippen LogP contribution in [0.15, 0.2) is 36.5 Å². The topological polar surface area (TPSA) is 45.6 Å². The molecule has 2 amide bonds. The number of carbonyl (C=O) groups excluding carboxylic acids is 2. The monoisotopic (exact) mass is 401 g/mol. The van der Waals surface area contributed by atoms with Crippen molar-refractivity contribution in [1.29, 1.82) is 0 Å². The smallest absolute Gasteiger partial charge is 0.243 e. The largest absolute Gasteiger partial charge is 0.348 e. The number of hydrogen-bond acceptors (Lipinski definition) is 2. The van der Waals surface area contributed by atoms with E-state index in [1.807, 2.05) is 36.7 Å². The Kier molecular flexibility index (Phi) is 5.15. The SMILES string of the molecule is CC(C)N(CC(=O)N1CCn2cccc2C1c1ccc(F)cc1F)C(=O)C1CC1. The Hall–Kier alpha value is -2.70. The number of aromatic nitrogens is 1. The molecule has 154 valence electrons. The van der Waals surface area contributed by atoms with Crippen LogP contribution in [-0.4, -0.2) is 45.3 Å². The maximum Gasteiger partial charge on any atom is 0.243 e. The van der Waals surface area contributed by atoms with E-state index in [2.05, 4.69) is 0 Å². The lowest BCUT2D eigenvalue weighted by molar-refractivity contribution is -0.144. The highest BCUT2D eigenvalue weighted by molar-refractivity contribution is 5.87. The van der Waals surface area contributed by atoms with Gasteiger partial charge < -0.3 is 14.4 Å². The fraction of sp³-hybridized carbons (Fsp3) is 0.455. The van der Waals surface area contributed by atoms with E-state index in [4.69, 9.17) is 0 Å². The number of halogens is 2. The van der Waals surface area contributed by atoms with Crippen LogP contribution in [0.4, 0.5) is 8.78 Å². The fourth-order valence-corrected chi connectivity index (χ4v) is 4.02. The summed E-state index contributed by atoms with van der Waals surface area (Å²) in [5, 5.41) is 0. The van der Waals surface area contributed by atoms with Crippen LogP contribution >= 0.6 is 0 Å². The Morgan fingerprint density at radius 3 is 2.59 bits per heavy atom. The zero-order valence-corrected chi connectivity index (χ0v) is 16.6. The third kappa shape index (κ3) is 3.78. The zero-order chi connectivity index (χ0) is 20.7. The summed E-state index contributed by atoms with van der Waals surface area (Å²) in [5.74, 6) is -1.53. The molecule has 1 aromatic carbocycles. The number of fused-ring (bicyclic) bond motifs is 1. The van der Waals surface area contributed by atoms with E-state index in [1.165, 1.54) is 12.1 Å². The molecule has 0 saturated heterocycles. The van der Waals surface area contributed by atoms with Crippen molar-refractivity contribution in [2.24, 2.45) is 5.92 Å². The molecule has 4 rings (SSSR count). The highest BCUT2D eigenvalue weighted by atomic mass is 19.1. The van der Waals surface area contributed by atoms with Crippen molar-refractivity contribution in [3.63, 3.8) is 0 Å². The molecular weight excluding hydrogens is 376 g/mol. The molecule has 1 aromatic heterocycles. The lowest BCUT2D eigenvalue weighted by atomic mass is 9.99. The van der Waals surface area contributed by atoms with Gasteiger partial charge in [0.25, 0.3) is 0 Å². The lowest BCUT2D eigenvalue weighted by Gasteiger charge is -2.39. The van der Waals surface area contributed by atoms with Crippen LogP contribution in [0.2, 0.25) is 0 Å². The van der Waals surface area contributed by atoms with Gasteiger partial charge in [-0.05, 0) is 44.9 Å². The molecule has 2 heterocycles. The Morgan fingerprint density at radius 2 is 1.93 bits per heavy atom. The average Bonchev–Trinajstić information content (AvgIpc) is 3.42. The van der Waals surface area contributed by atoms with Crippen LogP contribution in [0, 0.1) is 17.6 Å². The first-order valence-electron chi connectivity index (χ1n) is 10.1. The molecule has 1 fully saturated rings. The molecule has 7 heteroatoms. The molecule has 1 atom stereocenters. The van der Waals surface area contributed by atoms with Crippen LogP contribution in [0.25, 0.3) is 0 Å². The summed E-state index contributed by atoms with van der Waals surface area (Å²) in [6.07, 6.45) is 3.64. The van der Waals surface area contributed by atoms with E-state index in [-0.39, 0.29) is 35.9 Å². The van der Waals surface area contributed by atoms with Gasteiger partial charge in [-0.3, -0.25) is 9.59 Å². The quantitative estimate of drug-likeness (QED) is 0.771. The molecule has 1 saturated carbocycles. The molecule has 1 unspecified atom stereocenters. The molecular formula is C22H25F2N3O2. The van der Waals surface area contributed by atoms with E-state index in [9.17, 15) is 18.4 Å². The van der Waals surface area contributed by atoms with Crippen molar-refractivity contribution in [3.8, 4) is 0 Å². The van der Waals surface area contributed by atoms with Crippen molar-refractivity contribution in [1.82, 2.24) is 14.4 Å². The average molecular weight is 401 g/mol. The van der Waals surface area contributed by atoms with Gasteiger partial charge in [0.2, 0.25) is 11.8 Å². The molecule has 2 aromatic rings. The van der Waals surface area contributed by atoms with E-state index in [0.29, 0.717) is 13.1 Å². The molecule has 0 bridgehead atoms. The second-order valence-corrected chi connectivity index (χ2v) is 8.12. The highest BCUT2D eigenvalue weighted by Gasteiger charge is 2.38. The summed E-state index contributed by atoms with van der Waals surface area (Å²) in [6.45, 7) is 4.74. The molecule has 2 aliphatic rings. The first kappa shape index (κ1) is 19.6. The first-order chi connectivity index (χ1) is 13.9. The minimum absolute atomic E-state index is 0.0123. The number of nitrogens with zero attached hydrogens (tertiary/aromatic N) is 3. The van der Waals surface area contributed by atoms with Gasteiger partial charge in [-0.25, -0.2) is 8.78 Å². The van der Waals surface area contributed by atoms with Gasteiger partial charge in [0, 0.05) is 48.6 Å². The van der Waals surface area contributed by atoms with Crippen molar-refractivity contribution >= 4 is 11.8 Å². The molecule has 1 aliphatic carbocycles. The summed E-state index contributed by atoms with van der Waals surface area (Å²) >= 11 is 0. The minimum Gasteiger partial charge on any atom is -0.348 e. The zero-order valence-electron chi connectivity index (χ0n) is 16.6. The van der Waals surface area contributed by atoms with Crippen LogP contribution in [0.3, 0.4) is 0 Å². The predicted molar refractivity (Wildman–Crippen MR) is 104 cm³/mol. The van der Waals surface area contributed by atoms with Gasteiger partial charge in [0.15, 0.2) is 0 Å². The van der Waals surface area contributed by atoms with Gasteiger partial charge in [0.05, 0.1) is 0 Å². The van der Waals surface area contributed by atoms with Gasteiger partial charge in [-0.1, -0.05) is 6.07 Å². The predicted octanol–water partition coefficient (Wildman–Crippen LogP) is 3.34. The summed E-state index contributed by atoms with van der Waals surface area (Å²) in [7, 11) is 0. The molecule has 0 N–H and O–H groups in total. The van der Waals surface area contributed by atoms with Crippen molar-refractivity contribution < 1.29 is 18.4 Å². The summed E-state index contributed by atoms with van der Waals surface area (Å²) in [4.78, 5) is 29.1. The van der Waals surface area contributed by atoms with E-state index < -0.39 is 17.7 Å². The maximum atomic E-state index is 14.7. The van der Waals surface area contributed by atoms with Crippen LogP contribution in [-0.2, 0) is 16.1 Å². The number of benzene rings is 1. The van der Waals surface area contributed by atoms with Crippen molar-refractivity contribution in [2.75, 3.05) is 13.1 Å². The first-order valence-corrected chi connectivity index (χ1v) is 10.1. The molecule has 0 spiro atoms. The van der Waals surface area contributed by atoms with Gasteiger partial charge >= 0.3 is 0 Å². The Labute approximate surface area is 168 Å². The van der Waals surface area contributed by atoms with E-state index in [0.717, 1.165) is 24.6 Å². The molecule has 0 radical (unpaired) electrons. The van der Waals surface area contributed by atoms with Gasteiger partial charge in [-0.15, -0.1) is 0 Å². The fourth-order valence-electron chi connectivity index (χ4n) is 4.02. The summed E-state index contributed by atoms with van der Waals surface area (Å²) in [6, 6.07) is 6.40. The summed E-state index contributed by atoms with van der Waals surface area (Å²) < 4.78 is 30.1. The van der Waals surface area contributed by atoms with Crippen LogP contribution in [0.5, 0.6) is 0 Å². The third-order valence-corrected chi connectivity index (χ3v) is 5.75. The molecule has 1 aliphatic heterocycles. The van der Waals surface area contributed by atoms with Crippen LogP contribution < -0.4 is 0 Å². The summed E-state index contributed by atoms with van der Waals surface area (Å²) in [5.41, 5.74) is 1.03. The Bertz CT molecular complexity index is 936. The van der Waals surface area contributed by atoms with E-state index >= 15 is 0 Å². The maximum absolute atomic E-state index is 14.7. The highest BCUT2D eigenvalue weighted by Crippen LogP contribution is 2.35. The molecule has 29 heavy (non-hydrogen) atoms. The normalized spacial score (nSPS) is 18.7.